The fraction of sp³-hybridized carbons (Fsp3) is 0.533. The minimum absolute atomic E-state index is 0.112. The van der Waals surface area contributed by atoms with Crippen molar-refractivity contribution in [2.24, 2.45) is 0 Å². The van der Waals surface area contributed by atoms with Crippen molar-refractivity contribution in [1.82, 2.24) is 4.90 Å². The summed E-state index contributed by atoms with van der Waals surface area (Å²) in [6, 6.07) is 7.73. The predicted octanol–water partition coefficient (Wildman–Crippen LogP) is 2.16. The molecule has 0 aliphatic carbocycles. The van der Waals surface area contributed by atoms with Crippen molar-refractivity contribution in [3.8, 4) is 5.75 Å². The summed E-state index contributed by atoms with van der Waals surface area (Å²) < 4.78 is 5.12. The van der Waals surface area contributed by atoms with Crippen molar-refractivity contribution in [2.45, 2.75) is 36.0 Å². The Hall–Kier alpha value is -1.20. The second kappa shape index (κ2) is 6.99. The average Bonchev–Trinajstić information content (AvgIpc) is 2.48. The lowest BCUT2D eigenvalue weighted by Crippen LogP contribution is -2.43. The maximum Gasteiger partial charge on any atom is 0.235 e. The molecular weight excluding hydrogens is 274 g/mol. The van der Waals surface area contributed by atoms with Gasteiger partial charge in [0.2, 0.25) is 5.91 Å². The normalized spacial score (nSPS) is 17.9. The molecule has 0 unspecified atom stereocenters. The molecule has 20 heavy (non-hydrogen) atoms. The number of ether oxygens (including phenoxy) is 1. The lowest BCUT2D eigenvalue weighted by Gasteiger charge is -2.31. The maximum atomic E-state index is 12.3. The molecule has 1 atom stereocenters. The van der Waals surface area contributed by atoms with E-state index in [1.54, 1.807) is 18.9 Å². The SMILES string of the molecule is COc1ccc(S[C@H](C)C(=O)N2CCC(O)CC2)cc1. The van der Waals surface area contributed by atoms with Gasteiger partial charge in [0, 0.05) is 18.0 Å². The van der Waals surface area contributed by atoms with Crippen LogP contribution in [0.5, 0.6) is 5.75 Å². The highest BCUT2D eigenvalue weighted by Gasteiger charge is 2.25. The van der Waals surface area contributed by atoms with Gasteiger partial charge in [0.25, 0.3) is 0 Å². The van der Waals surface area contributed by atoms with Crippen molar-refractivity contribution in [3.63, 3.8) is 0 Å². The Kier molecular flexibility index (Phi) is 5.31. The number of carbonyl (C=O) groups is 1. The number of benzene rings is 1. The molecule has 1 N–H and O–H groups in total. The van der Waals surface area contributed by atoms with Crippen LogP contribution in [0.2, 0.25) is 0 Å². The molecule has 2 rings (SSSR count). The quantitative estimate of drug-likeness (QED) is 0.865. The van der Waals surface area contributed by atoms with E-state index in [1.807, 2.05) is 36.1 Å². The van der Waals surface area contributed by atoms with Crippen LogP contribution in [-0.2, 0) is 4.79 Å². The molecule has 110 valence electrons. The Labute approximate surface area is 124 Å². The molecule has 1 aromatic rings. The summed E-state index contributed by atoms with van der Waals surface area (Å²) in [5.41, 5.74) is 0. The van der Waals surface area contributed by atoms with Crippen molar-refractivity contribution >= 4 is 17.7 Å². The van der Waals surface area contributed by atoms with Crippen molar-refractivity contribution in [1.29, 1.82) is 0 Å². The van der Waals surface area contributed by atoms with Crippen molar-refractivity contribution in [3.05, 3.63) is 24.3 Å². The van der Waals surface area contributed by atoms with Crippen molar-refractivity contribution in [2.75, 3.05) is 20.2 Å². The third-order valence-electron chi connectivity index (χ3n) is 3.50. The van der Waals surface area contributed by atoms with Crippen molar-refractivity contribution < 1.29 is 14.6 Å². The number of hydrogen-bond acceptors (Lipinski definition) is 4. The summed E-state index contributed by atoms with van der Waals surface area (Å²) in [7, 11) is 1.64. The molecule has 1 amide bonds. The second-order valence-electron chi connectivity index (χ2n) is 4.99. The van der Waals surface area contributed by atoms with Gasteiger partial charge < -0.3 is 14.7 Å². The molecule has 5 heteroatoms. The Morgan fingerprint density at radius 1 is 1.35 bits per heavy atom. The van der Waals surface area contributed by atoms with Crippen LogP contribution in [0.3, 0.4) is 0 Å². The second-order valence-corrected chi connectivity index (χ2v) is 6.41. The summed E-state index contributed by atoms with van der Waals surface area (Å²) >= 11 is 1.56. The highest BCUT2D eigenvalue weighted by Crippen LogP contribution is 2.27. The minimum atomic E-state index is -0.247. The van der Waals surface area contributed by atoms with Crippen LogP contribution in [0, 0.1) is 0 Å². The number of carbonyl (C=O) groups excluding carboxylic acids is 1. The standard InChI is InChI=1S/C15H21NO3S/c1-11(15(18)16-9-7-12(17)8-10-16)20-14-5-3-13(19-2)4-6-14/h3-6,11-12,17H,7-10H2,1-2H3/t11-/m1/s1. The third-order valence-corrected chi connectivity index (χ3v) is 4.60. The average molecular weight is 295 g/mol. The van der Waals surface area contributed by atoms with E-state index in [0.717, 1.165) is 10.6 Å². The first-order valence-corrected chi connectivity index (χ1v) is 7.75. The topological polar surface area (TPSA) is 49.8 Å². The maximum absolute atomic E-state index is 12.3. The zero-order chi connectivity index (χ0) is 14.5. The zero-order valence-electron chi connectivity index (χ0n) is 11.9. The number of amides is 1. The van der Waals surface area contributed by atoms with E-state index < -0.39 is 0 Å². The molecule has 1 aliphatic heterocycles. The van der Waals surface area contributed by atoms with Crippen LogP contribution in [0.15, 0.2) is 29.2 Å². The minimum Gasteiger partial charge on any atom is -0.497 e. The van der Waals surface area contributed by atoms with Gasteiger partial charge in [0.05, 0.1) is 18.5 Å². The van der Waals surface area contributed by atoms with Gasteiger partial charge in [-0.15, -0.1) is 11.8 Å². The summed E-state index contributed by atoms with van der Waals surface area (Å²) in [5.74, 6) is 0.969. The van der Waals surface area contributed by atoms with E-state index in [0.29, 0.717) is 25.9 Å². The smallest absolute Gasteiger partial charge is 0.235 e. The lowest BCUT2D eigenvalue weighted by atomic mass is 10.1. The van der Waals surface area contributed by atoms with Gasteiger partial charge in [-0.2, -0.15) is 0 Å². The molecule has 1 saturated heterocycles. The van der Waals surface area contributed by atoms with E-state index in [2.05, 4.69) is 0 Å². The van der Waals surface area contributed by atoms with Crippen LogP contribution in [0.1, 0.15) is 19.8 Å². The first-order valence-electron chi connectivity index (χ1n) is 6.87. The first kappa shape index (κ1) is 15.2. The molecule has 0 saturated carbocycles. The van der Waals surface area contributed by atoms with E-state index in [9.17, 15) is 9.90 Å². The monoisotopic (exact) mass is 295 g/mol. The Bertz CT molecular complexity index is 441. The number of methoxy groups -OCH3 is 1. The van der Waals surface area contributed by atoms with Crippen LogP contribution < -0.4 is 4.74 Å². The van der Waals surface area contributed by atoms with Crippen LogP contribution in [0.4, 0.5) is 0 Å². The number of piperidine rings is 1. The number of nitrogens with zero attached hydrogens (tertiary/aromatic N) is 1. The molecular formula is C15H21NO3S. The summed E-state index contributed by atoms with van der Waals surface area (Å²) in [5, 5.41) is 9.36. The fourth-order valence-electron chi connectivity index (χ4n) is 2.25. The number of hydrogen-bond donors (Lipinski definition) is 1. The van der Waals surface area contributed by atoms with Crippen LogP contribution in [0.25, 0.3) is 0 Å². The molecule has 1 aromatic carbocycles. The Balaban J connectivity index is 1.89. The molecule has 4 nitrogen and oxygen atoms in total. The molecule has 0 bridgehead atoms. The number of likely N-dealkylation sites (tertiary alicyclic amines) is 1. The van der Waals surface area contributed by atoms with E-state index in [1.165, 1.54) is 0 Å². The number of aliphatic hydroxyl groups excluding tert-OH is 1. The van der Waals surface area contributed by atoms with Gasteiger partial charge in [-0.3, -0.25) is 4.79 Å². The highest BCUT2D eigenvalue weighted by atomic mass is 32.2. The van der Waals surface area contributed by atoms with Gasteiger partial charge in [0.15, 0.2) is 0 Å². The van der Waals surface area contributed by atoms with Gasteiger partial charge in [-0.05, 0) is 44.0 Å². The van der Waals surface area contributed by atoms with Gasteiger partial charge >= 0.3 is 0 Å². The number of thioether (sulfide) groups is 1. The predicted molar refractivity (Wildman–Crippen MR) is 80.1 cm³/mol. The molecule has 0 spiro atoms. The Morgan fingerprint density at radius 2 is 1.95 bits per heavy atom. The van der Waals surface area contributed by atoms with E-state index in [-0.39, 0.29) is 17.3 Å². The van der Waals surface area contributed by atoms with Gasteiger partial charge in [0.1, 0.15) is 5.75 Å². The lowest BCUT2D eigenvalue weighted by molar-refractivity contribution is -0.132. The van der Waals surface area contributed by atoms with Gasteiger partial charge in [-0.25, -0.2) is 0 Å². The fourth-order valence-corrected chi connectivity index (χ4v) is 3.20. The summed E-state index contributed by atoms with van der Waals surface area (Å²) in [4.78, 5) is 15.2. The summed E-state index contributed by atoms with van der Waals surface area (Å²) in [6.45, 7) is 3.25. The molecule has 1 heterocycles. The van der Waals surface area contributed by atoms with Crippen LogP contribution >= 0.6 is 11.8 Å². The Morgan fingerprint density at radius 3 is 2.50 bits per heavy atom. The van der Waals surface area contributed by atoms with Crippen LogP contribution in [-0.4, -0.2) is 47.5 Å². The zero-order valence-corrected chi connectivity index (χ0v) is 12.7. The van der Waals surface area contributed by atoms with E-state index >= 15 is 0 Å². The largest absolute Gasteiger partial charge is 0.497 e. The van der Waals surface area contributed by atoms with E-state index in [4.69, 9.17) is 4.74 Å². The third kappa shape index (κ3) is 3.90. The molecule has 1 aliphatic rings. The molecule has 1 fully saturated rings. The first-order chi connectivity index (χ1) is 9.60. The number of aliphatic hydroxyl groups is 1. The summed E-state index contributed by atoms with van der Waals surface area (Å²) in [6.07, 6.45) is 1.13. The number of rotatable bonds is 4. The highest BCUT2D eigenvalue weighted by molar-refractivity contribution is 8.00. The molecule has 0 aromatic heterocycles. The van der Waals surface area contributed by atoms with Gasteiger partial charge in [-0.1, -0.05) is 0 Å². The molecule has 0 radical (unpaired) electrons.